The minimum Gasteiger partial charge on any atom is -0.491 e. The van der Waals surface area contributed by atoms with Gasteiger partial charge in [0, 0.05) is 12.1 Å². The molecule has 2 N–H and O–H groups in total. The Bertz CT molecular complexity index is 446. The zero-order chi connectivity index (χ0) is 14.5. The molecule has 0 aliphatic heterocycles. The summed E-state index contributed by atoms with van der Waals surface area (Å²) in [5, 5.41) is 12.8. The van der Waals surface area contributed by atoms with Crippen molar-refractivity contribution in [3.63, 3.8) is 0 Å². The minimum absolute atomic E-state index is 0.0746. The summed E-state index contributed by atoms with van der Waals surface area (Å²) in [4.78, 5) is 11.1. The Kier molecular flexibility index (Phi) is 5.63. The number of hydrogen-bond acceptors (Lipinski definition) is 3. The van der Waals surface area contributed by atoms with E-state index in [4.69, 9.17) is 21.4 Å². The monoisotopic (exact) mass is 285 g/mol. The van der Waals surface area contributed by atoms with Crippen LogP contribution in [0, 0.1) is 5.41 Å². The fourth-order valence-corrected chi connectivity index (χ4v) is 1.68. The van der Waals surface area contributed by atoms with Crippen molar-refractivity contribution in [2.75, 3.05) is 13.2 Å². The zero-order valence-corrected chi connectivity index (χ0v) is 12.3. The normalized spacial score (nSPS) is 11.4. The van der Waals surface area contributed by atoms with E-state index >= 15 is 0 Å². The van der Waals surface area contributed by atoms with E-state index in [9.17, 15) is 4.79 Å². The molecule has 1 aromatic carbocycles. The Morgan fingerprint density at radius 3 is 2.74 bits per heavy atom. The minimum atomic E-state index is -0.950. The molecule has 0 spiro atoms. The molecule has 0 radical (unpaired) electrons. The van der Waals surface area contributed by atoms with Crippen molar-refractivity contribution in [1.82, 2.24) is 5.32 Å². The lowest BCUT2D eigenvalue weighted by atomic mass is 9.95. The van der Waals surface area contributed by atoms with Gasteiger partial charge in [-0.15, -0.1) is 0 Å². The van der Waals surface area contributed by atoms with Gasteiger partial charge in [-0.1, -0.05) is 30.7 Å². The van der Waals surface area contributed by atoms with Gasteiger partial charge in [0.15, 0.2) is 0 Å². The van der Waals surface area contributed by atoms with Crippen LogP contribution in [0.25, 0.3) is 0 Å². The van der Waals surface area contributed by atoms with E-state index in [1.54, 1.807) is 19.9 Å². The first-order chi connectivity index (χ1) is 8.88. The number of nitrogens with one attached hydrogen (secondary N) is 1. The lowest BCUT2D eigenvalue weighted by Gasteiger charge is -2.21. The highest BCUT2D eigenvalue weighted by molar-refractivity contribution is 6.32. The molecule has 1 aromatic rings. The van der Waals surface area contributed by atoms with Gasteiger partial charge < -0.3 is 15.2 Å². The van der Waals surface area contributed by atoms with Crippen LogP contribution in [0.15, 0.2) is 18.2 Å². The van der Waals surface area contributed by atoms with Crippen LogP contribution in [0.2, 0.25) is 5.02 Å². The number of benzene rings is 1. The third-order valence-corrected chi connectivity index (χ3v) is 3.07. The second-order valence-corrected chi connectivity index (χ2v) is 5.39. The highest BCUT2D eigenvalue weighted by Gasteiger charge is 2.28. The molecule has 4 nitrogen and oxygen atoms in total. The highest BCUT2D eigenvalue weighted by Crippen LogP contribution is 2.30. The third kappa shape index (κ3) is 4.40. The fourth-order valence-electron chi connectivity index (χ4n) is 1.43. The van der Waals surface area contributed by atoms with Crippen LogP contribution in [0.5, 0.6) is 5.75 Å². The molecule has 0 heterocycles. The summed E-state index contributed by atoms with van der Waals surface area (Å²) in [6.45, 7) is 6.81. The largest absolute Gasteiger partial charge is 0.491 e. The molecule has 0 aliphatic rings. The molecule has 0 saturated carbocycles. The van der Waals surface area contributed by atoms with Crippen LogP contribution < -0.4 is 10.1 Å². The first kappa shape index (κ1) is 15.8. The van der Waals surface area contributed by atoms with Crippen LogP contribution in [0.3, 0.4) is 0 Å². The maximum absolute atomic E-state index is 11.1. The van der Waals surface area contributed by atoms with Gasteiger partial charge >= 0.3 is 5.97 Å². The average molecular weight is 286 g/mol. The van der Waals surface area contributed by atoms with Crippen molar-refractivity contribution in [1.29, 1.82) is 0 Å². The van der Waals surface area contributed by atoms with Crippen molar-refractivity contribution in [3.8, 4) is 5.75 Å². The Balaban J connectivity index is 2.84. The van der Waals surface area contributed by atoms with Gasteiger partial charge in [0.25, 0.3) is 0 Å². The van der Waals surface area contributed by atoms with E-state index in [1.165, 1.54) is 0 Å². The molecule has 1 rings (SSSR count). The molecule has 0 fully saturated rings. The highest BCUT2D eigenvalue weighted by atomic mass is 35.5. The van der Waals surface area contributed by atoms with Crippen molar-refractivity contribution in [3.05, 3.63) is 28.8 Å². The summed E-state index contributed by atoms with van der Waals surface area (Å²) in [5.41, 5.74) is -0.0234. The Morgan fingerprint density at radius 1 is 1.47 bits per heavy atom. The van der Waals surface area contributed by atoms with E-state index in [2.05, 4.69) is 5.32 Å². The van der Waals surface area contributed by atoms with Crippen LogP contribution in [-0.4, -0.2) is 24.2 Å². The lowest BCUT2D eigenvalue weighted by Crippen LogP contribution is -2.31. The summed E-state index contributed by atoms with van der Waals surface area (Å²) < 4.78 is 5.64. The molecular formula is C14H20ClNO3. The number of carboxylic acid groups (broad SMARTS) is 1. The number of carbonyl (C=O) groups is 1. The maximum Gasteiger partial charge on any atom is 0.312 e. The molecule has 0 bridgehead atoms. The van der Waals surface area contributed by atoms with E-state index in [0.717, 1.165) is 12.1 Å². The molecule has 0 amide bonds. The third-order valence-electron chi connectivity index (χ3n) is 2.77. The average Bonchev–Trinajstić information content (AvgIpc) is 2.34. The molecule has 0 aromatic heterocycles. The first-order valence-electron chi connectivity index (χ1n) is 6.22. The van der Waals surface area contributed by atoms with Gasteiger partial charge in [0.2, 0.25) is 0 Å². The Morgan fingerprint density at radius 2 is 2.16 bits per heavy atom. The molecule has 5 heteroatoms. The van der Waals surface area contributed by atoms with E-state index in [0.29, 0.717) is 17.3 Å². The maximum atomic E-state index is 11.1. The summed E-state index contributed by atoms with van der Waals surface area (Å²) in [6.07, 6.45) is 0. The van der Waals surface area contributed by atoms with Crippen LogP contribution in [-0.2, 0) is 11.3 Å². The van der Waals surface area contributed by atoms with Gasteiger partial charge in [-0.2, -0.15) is 0 Å². The van der Waals surface area contributed by atoms with Crippen LogP contribution >= 0.6 is 11.6 Å². The smallest absolute Gasteiger partial charge is 0.312 e. The van der Waals surface area contributed by atoms with Crippen LogP contribution in [0.4, 0.5) is 0 Å². The summed E-state index contributed by atoms with van der Waals surface area (Å²) >= 11 is 6.12. The molecule has 0 atom stereocenters. The Labute approximate surface area is 118 Å². The molecule has 0 saturated heterocycles. The van der Waals surface area contributed by atoms with E-state index in [1.807, 2.05) is 19.1 Å². The van der Waals surface area contributed by atoms with Gasteiger partial charge in [0.05, 0.1) is 10.4 Å². The molecule has 0 unspecified atom stereocenters. The zero-order valence-electron chi connectivity index (χ0n) is 11.5. The quantitative estimate of drug-likeness (QED) is 0.809. The van der Waals surface area contributed by atoms with Crippen molar-refractivity contribution < 1.29 is 14.6 Å². The fraction of sp³-hybridized carbons (Fsp3) is 0.500. The Hall–Kier alpha value is -1.26. The lowest BCUT2D eigenvalue weighted by molar-refractivity contribution is -0.148. The SMILES string of the molecule is CCNCc1cccc(Cl)c1OCC(C)(C)C(=O)O. The standard InChI is InChI=1S/C14H20ClNO3/c1-4-16-8-10-6-5-7-11(15)12(10)19-9-14(2,3)13(17)18/h5-7,16H,4,8-9H2,1-3H3,(H,17,18). The topological polar surface area (TPSA) is 58.6 Å². The van der Waals surface area contributed by atoms with Gasteiger partial charge in [-0.3, -0.25) is 4.79 Å². The second kappa shape index (κ2) is 6.78. The van der Waals surface area contributed by atoms with Crippen LogP contribution in [0.1, 0.15) is 26.3 Å². The number of halogens is 1. The molecule has 19 heavy (non-hydrogen) atoms. The summed E-state index contributed by atoms with van der Waals surface area (Å²) in [5.74, 6) is -0.341. The number of para-hydroxylation sites is 1. The van der Waals surface area contributed by atoms with Gasteiger partial charge in [-0.05, 0) is 26.5 Å². The van der Waals surface area contributed by atoms with Crippen molar-refractivity contribution in [2.24, 2.45) is 5.41 Å². The summed E-state index contributed by atoms with van der Waals surface area (Å²) in [7, 11) is 0. The van der Waals surface area contributed by atoms with Crippen molar-refractivity contribution >= 4 is 17.6 Å². The number of rotatable bonds is 7. The first-order valence-corrected chi connectivity index (χ1v) is 6.60. The summed E-state index contributed by atoms with van der Waals surface area (Å²) in [6, 6.07) is 5.50. The predicted octanol–water partition coefficient (Wildman–Crippen LogP) is 2.94. The van der Waals surface area contributed by atoms with E-state index in [-0.39, 0.29) is 6.61 Å². The number of ether oxygens (including phenoxy) is 1. The molecule has 106 valence electrons. The van der Waals surface area contributed by atoms with Crippen molar-refractivity contribution in [2.45, 2.75) is 27.3 Å². The van der Waals surface area contributed by atoms with E-state index < -0.39 is 11.4 Å². The molecular weight excluding hydrogens is 266 g/mol. The van der Waals surface area contributed by atoms with Gasteiger partial charge in [0.1, 0.15) is 12.4 Å². The molecule has 0 aliphatic carbocycles. The number of hydrogen-bond donors (Lipinski definition) is 2. The predicted molar refractivity (Wildman–Crippen MR) is 75.7 cm³/mol. The second-order valence-electron chi connectivity index (χ2n) is 4.99. The number of aliphatic carboxylic acids is 1. The van der Waals surface area contributed by atoms with Gasteiger partial charge in [-0.25, -0.2) is 0 Å². The number of carboxylic acids is 1.